The summed E-state index contributed by atoms with van der Waals surface area (Å²) < 4.78 is 5.10. The van der Waals surface area contributed by atoms with Crippen LogP contribution in [0.2, 0.25) is 0 Å². The summed E-state index contributed by atoms with van der Waals surface area (Å²) in [7, 11) is 0. The van der Waals surface area contributed by atoms with Crippen molar-refractivity contribution in [3.63, 3.8) is 0 Å². The normalized spacial score (nSPS) is 24.7. The van der Waals surface area contributed by atoms with Crippen molar-refractivity contribution in [1.82, 2.24) is 0 Å². The predicted molar refractivity (Wildman–Crippen MR) is 118 cm³/mol. The highest BCUT2D eigenvalue weighted by atomic mass is 16.5. The van der Waals surface area contributed by atoms with E-state index in [-0.39, 0.29) is 30.3 Å². The molecule has 0 radical (unpaired) electrons. The van der Waals surface area contributed by atoms with Crippen molar-refractivity contribution in [2.45, 2.75) is 18.8 Å². The Balaban J connectivity index is 1.48. The van der Waals surface area contributed by atoms with Gasteiger partial charge >= 0.3 is 5.97 Å². The van der Waals surface area contributed by atoms with Gasteiger partial charge in [0.15, 0.2) is 0 Å². The molecule has 2 atom stereocenters. The molecule has 3 aromatic rings. The average Bonchev–Trinajstić information content (AvgIpc) is 3.10. The van der Waals surface area contributed by atoms with Crippen molar-refractivity contribution in [3.05, 3.63) is 101 Å². The van der Waals surface area contributed by atoms with Crippen LogP contribution in [0.4, 0.5) is 5.69 Å². The van der Waals surface area contributed by atoms with E-state index in [1.54, 1.807) is 31.2 Å². The van der Waals surface area contributed by atoms with Gasteiger partial charge in [0, 0.05) is 11.8 Å². The topological polar surface area (TPSA) is 63.7 Å². The van der Waals surface area contributed by atoms with Crippen molar-refractivity contribution in [2.24, 2.45) is 11.8 Å². The van der Waals surface area contributed by atoms with Crippen LogP contribution in [0.3, 0.4) is 0 Å². The number of anilines is 1. The molecule has 1 aliphatic heterocycles. The van der Waals surface area contributed by atoms with Crippen molar-refractivity contribution >= 4 is 23.5 Å². The number of carbonyl (C=O) groups excluding carboxylic acids is 3. The van der Waals surface area contributed by atoms with Crippen LogP contribution >= 0.6 is 0 Å². The van der Waals surface area contributed by atoms with Crippen LogP contribution in [0.25, 0.3) is 0 Å². The van der Waals surface area contributed by atoms with Gasteiger partial charge in [-0.2, -0.15) is 0 Å². The number of benzene rings is 3. The van der Waals surface area contributed by atoms with Crippen LogP contribution in [0, 0.1) is 11.8 Å². The van der Waals surface area contributed by atoms with Crippen LogP contribution in [0.5, 0.6) is 0 Å². The quantitative estimate of drug-likeness (QED) is 0.467. The molecule has 0 unspecified atom stereocenters. The Hall–Kier alpha value is -3.73. The minimum Gasteiger partial charge on any atom is -0.462 e. The zero-order valence-corrected chi connectivity index (χ0v) is 17.5. The first-order valence-electron chi connectivity index (χ1n) is 10.9. The Labute approximate surface area is 185 Å². The molecule has 1 saturated heterocycles. The van der Waals surface area contributed by atoms with Gasteiger partial charge in [-0.15, -0.1) is 0 Å². The minimum atomic E-state index is -0.467. The molecule has 3 aromatic carbocycles. The first-order chi connectivity index (χ1) is 15.6. The van der Waals surface area contributed by atoms with Crippen LogP contribution in [0.15, 0.2) is 72.8 Å². The third-order valence-corrected chi connectivity index (χ3v) is 7.06. The molecule has 0 spiro atoms. The molecule has 0 N–H and O–H groups in total. The smallest absolute Gasteiger partial charge is 0.338 e. The molecule has 1 heterocycles. The second kappa shape index (κ2) is 6.89. The highest BCUT2D eigenvalue weighted by Gasteiger charge is 2.61. The van der Waals surface area contributed by atoms with Gasteiger partial charge < -0.3 is 4.74 Å². The summed E-state index contributed by atoms with van der Waals surface area (Å²) in [5.41, 5.74) is 5.31. The molecular weight excluding hydrogens is 402 g/mol. The lowest BCUT2D eigenvalue weighted by atomic mass is 9.55. The van der Waals surface area contributed by atoms with Crippen LogP contribution in [-0.4, -0.2) is 24.4 Å². The van der Waals surface area contributed by atoms with E-state index >= 15 is 0 Å². The van der Waals surface area contributed by atoms with Gasteiger partial charge in [0.05, 0.1) is 29.7 Å². The van der Waals surface area contributed by atoms with E-state index in [0.717, 1.165) is 22.3 Å². The first kappa shape index (κ1) is 19.0. The second-order valence-electron chi connectivity index (χ2n) is 8.55. The number of hydrogen-bond acceptors (Lipinski definition) is 4. The Kier molecular flexibility index (Phi) is 4.09. The van der Waals surface area contributed by atoms with E-state index < -0.39 is 17.8 Å². The molecule has 2 amide bonds. The van der Waals surface area contributed by atoms with Gasteiger partial charge in [-0.3, -0.25) is 9.59 Å². The van der Waals surface area contributed by atoms with Crippen LogP contribution in [0.1, 0.15) is 51.4 Å². The van der Waals surface area contributed by atoms with Gasteiger partial charge in [0.25, 0.3) is 0 Å². The van der Waals surface area contributed by atoms with Gasteiger partial charge in [-0.25, -0.2) is 9.69 Å². The van der Waals surface area contributed by atoms with Gasteiger partial charge in [0.1, 0.15) is 0 Å². The summed E-state index contributed by atoms with van der Waals surface area (Å²) in [6, 6.07) is 22.9. The summed E-state index contributed by atoms with van der Waals surface area (Å²) in [5, 5.41) is 0. The summed E-state index contributed by atoms with van der Waals surface area (Å²) in [5.74, 6) is -2.03. The number of rotatable bonds is 3. The maximum Gasteiger partial charge on any atom is 0.338 e. The van der Waals surface area contributed by atoms with Gasteiger partial charge in [0.2, 0.25) is 11.8 Å². The highest BCUT2D eigenvalue weighted by molar-refractivity contribution is 6.23. The van der Waals surface area contributed by atoms with Crippen molar-refractivity contribution < 1.29 is 19.1 Å². The number of esters is 1. The van der Waals surface area contributed by atoms with Crippen LogP contribution < -0.4 is 4.90 Å². The second-order valence-corrected chi connectivity index (χ2v) is 8.55. The molecule has 3 aliphatic carbocycles. The summed E-state index contributed by atoms with van der Waals surface area (Å²) in [6.45, 7) is 2.00. The molecule has 5 heteroatoms. The molecule has 158 valence electrons. The number of ether oxygens (including phenoxy) is 1. The summed E-state index contributed by atoms with van der Waals surface area (Å²) >= 11 is 0. The Morgan fingerprint density at radius 1 is 0.781 bits per heavy atom. The third kappa shape index (κ3) is 2.42. The Morgan fingerprint density at radius 3 is 1.75 bits per heavy atom. The molecule has 32 heavy (non-hydrogen) atoms. The molecular formula is C27H21NO4. The van der Waals surface area contributed by atoms with E-state index in [1.807, 2.05) is 24.3 Å². The molecule has 2 bridgehead atoms. The summed E-state index contributed by atoms with van der Waals surface area (Å²) in [6.07, 6.45) is 0. The van der Waals surface area contributed by atoms with E-state index in [4.69, 9.17) is 4.74 Å². The number of imide groups is 1. The molecule has 5 nitrogen and oxygen atoms in total. The average molecular weight is 423 g/mol. The lowest BCUT2D eigenvalue weighted by molar-refractivity contribution is -0.122. The van der Waals surface area contributed by atoms with Crippen LogP contribution in [-0.2, 0) is 14.3 Å². The maximum absolute atomic E-state index is 13.8. The minimum absolute atomic E-state index is 0.146. The van der Waals surface area contributed by atoms with E-state index in [0.29, 0.717) is 11.3 Å². The lowest BCUT2D eigenvalue weighted by Gasteiger charge is -2.45. The number of nitrogens with zero attached hydrogens (tertiary/aromatic N) is 1. The fraction of sp³-hybridized carbons (Fsp3) is 0.222. The van der Waals surface area contributed by atoms with E-state index in [9.17, 15) is 14.4 Å². The number of carbonyl (C=O) groups is 3. The fourth-order valence-corrected chi connectivity index (χ4v) is 5.92. The molecule has 0 saturated carbocycles. The van der Waals surface area contributed by atoms with Gasteiger partial charge in [-0.1, -0.05) is 54.6 Å². The maximum atomic E-state index is 13.8. The standard InChI is InChI=1S/C27H21NO4/c1-2-32-27(31)15-8-7-9-16(14-15)28-25(29)23-21-17-10-3-4-11-18(17)22(24(23)26(28)30)20-13-6-5-12-19(20)21/h3-14,21-24H,2H2,1H3/t21?,22?,23-,24-/m0/s1. The Morgan fingerprint density at radius 2 is 1.28 bits per heavy atom. The van der Waals surface area contributed by atoms with E-state index in [2.05, 4.69) is 24.3 Å². The van der Waals surface area contributed by atoms with E-state index in [1.165, 1.54) is 4.90 Å². The van der Waals surface area contributed by atoms with Crippen molar-refractivity contribution in [1.29, 1.82) is 0 Å². The highest BCUT2D eigenvalue weighted by Crippen LogP contribution is 2.61. The largest absolute Gasteiger partial charge is 0.462 e. The predicted octanol–water partition coefficient (Wildman–Crippen LogP) is 4.26. The zero-order valence-electron chi connectivity index (χ0n) is 17.5. The monoisotopic (exact) mass is 423 g/mol. The molecule has 1 fully saturated rings. The van der Waals surface area contributed by atoms with Crippen molar-refractivity contribution in [3.8, 4) is 0 Å². The Bertz CT molecular complexity index is 1180. The van der Waals surface area contributed by atoms with Gasteiger partial charge in [-0.05, 0) is 47.4 Å². The molecule has 0 aromatic heterocycles. The molecule has 7 rings (SSSR count). The number of hydrogen-bond donors (Lipinski definition) is 0. The van der Waals surface area contributed by atoms with Crippen molar-refractivity contribution in [2.75, 3.05) is 11.5 Å². The third-order valence-electron chi connectivity index (χ3n) is 7.06. The first-order valence-corrected chi connectivity index (χ1v) is 10.9. The number of amides is 2. The zero-order chi connectivity index (χ0) is 22.0. The molecule has 4 aliphatic rings. The fourth-order valence-electron chi connectivity index (χ4n) is 5.92. The summed E-state index contributed by atoms with van der Waals surface area (Å²) in [4.78, 5) is 41.0. The SMILES string of the molecule is CCOC(=O)c1cccc(N2C(=O)[C@H]3C4c5ccccc5C(c5ccccc54)[C@@H]3C2=O)c1. The lowest BCUT2D eigenvalue weighted by Crippen LogP contribution is -2.41.